The first kappa shape index (κ1) is 12.2. The summed E-state index contributed by atoms with van der Waals surface area (Å²) in [4.78, 5) is 0.341. The van der Waals surface area contributed by atoms with E-state index in [2.05, 4.69) is 8.75 Å². The van der Waals surface area contributed by atoms with E-state index < -0.39 is 9.84 Å². The lowest BCUT2D eigenvalue weighted by Gasteiger charge is -2.05. The van der Waals surface area contributed by atoms with Crippen LogP contribution in [-0.2, 0) is 15.6 Å². The molecule has 0 amide bonds. The van der Waals surface area contributed by atoms with Crippen molar-refractivity contribution in [2.45, 2.75) is 24.5 Å². The third kappa shape index (κ3) is 2.70. The number of hydrogen-bond donors (Lipinski definition) is 0. The second kappa shape index (κ2) is 4.54. The standard InChI is InChI=1S/C11H12N2O2S2/c1-8-3-4-11(5-9(8)2)17(14,15)7-10-6-12-16-13-10/h3-6H,7H2,1-2H3. The van der Waals surface area contributed by atoms with E-state index in [-0.39, 0.29) is 5.75 Å². The number of hydrogen-bond acceptors (Lipinski definition) is 5. The molecule has 0 spiro atoms. The zero-order valence-corrected chi connectivity index (χ0v) is 11.2. The minimum atomic E-state index is -3.32. The van der Waals surface area contributed by atoms with E-state index in [1.807, 2.05) is 19.9 Å². The zero-order chi connectivity index (χ0) is 12.5. The molecule has 0 aliphatic carbocycles. The number of nitrogens with zero attached hydrogens (tertiary/aromatic N) is 2. The average Bonchev–Trinajstić information content (AvgIpc) is 2.73. The molecule has 1 aromatic heterocycles. The van der Waals surface area contributed by atoms with E-state index in [0.29, 0.717) is 10.6 Å². The molecule has 0 N–H and O–H groups in total. The van der Waals surface area contributed by atoms with Crippen LogP contribution in [0.4, 0.5) is 0 Å². The van der Waals surface area contributed by atoms with Crippen molar-refractivity contribution in [2.24, 2.45) is 0 Å². The maximum Gasteiger partial charge on any atom is 0.184 e. The Balaban J connectivity index is 2.35. The fourth-order valence-electron chi connectivity index (χ4n) is 1.43. The topological polar surface area (TPSA) is 59.9 Å². The third-order valence-electron chi connectivity index (χ3n) is 2.58. The number of sulfone groups is 1. The summed E-state index contributed by atoms with van der Waals surface area (Å²) >= 11 is 1.02. The predicted molar refractivity (Wildman–Crippen MR) is 66.7 cm³/mol. The number of aryl methyl sites for hydroxylation is 2. The van der Waals surface area contributed by atoms with Crippen LogP contribution in [-0.4, -0.2) is 17.2 Å². The second-order valence-corrected chi connectivity index (χ2v) is 6.45. The average molecular weight is 268 g/mol. The molecule has 2 aromatic rings. The van der Waals surface area contributed by atoms with Crippen LogP contribution in [0.15, 0.2) is 29.3 Å². The summed E-state index contributed by atoms with van der Waals surface area (Å²) in [5.74, 6) is -0.0913. The highest BCUT2D eigenvalue weighted by Crippen LogP contribution is 2.18. The quantitative estimate of drug-likeness (QED) is 0.855. The maximum absolute atomic E-state index is 12.1. The largest absolute Gasteiger partial charge is 0.223 e. The Morgan fingerprint density at radius 2 is 2.00 bits per heavy atom. The van der Waals surface area contributed by atoms with Gasteiger partial charge in [-0.3, -0.25) is 0 Å². The highest BCUT2D eigenvalue weighted by molar-refractivity contribution is 7.90. The van der Waals surface area contributed by atoms with Gasteiger partial charge in [-0.2, -0.15) is 8.75 Å². The summed E-state index contributed by atoms with van der Waals surface area (Å²) in [7, 11) is -3.32. The summed E-state index contributed by atoms with van der Waals surface area (Å²) in [5, 5.41) is 0. The molecule has 0 fully saturated rings. The van der Waals surface area contributed by atoms with Crippen LogP contribution >= 0.6 is 11.7 Å². The van der Waals surface area contributed by atoms with Gasteiger partial charge >= 0.3 is 0 Å². The van der Waals surface area contributed by atoms with Gasteiger partial charge in [-0.25, -0.2) is 8.42 Å². The molecule has 2 rings (SSSR count). The molecule has 0 bridgehead atoms. The van der Waals surface area contributed by atoms with E-state index in [1.165, 1.54) is 6.20 Å². The number of aromatic nitrogens is 2. The summed E-state index contributed by atoms with van der Waals surface area (Å²) in [6.07, 6.45) is 1.49. The van der Waals surface area contributed by atoms with Gasteiger partial charge in [-0.15, -0.1) is 0 Å². The van der Waals surface area contributed by atoms with Gasteiger partial charge in [0.15, 0.2) is 9.84 Å². The fraction of sp³-hybridized carbons (Fsp3) is 0.273. The number of rotatable bonds is 3. The van der Waals surface area contributed by atoms with Gasteiger partial charge in [0.05, 0.1) is 34.3 Å². The van der Waals surface area contributed by atoms with Crippen LogP contribution in [0.2, 0.25) is 0 Å². The summed E-state index contributed by atoms with van der Waals surface area (Å²) in [5.41, 5.74) is 2.55. The normalized spacial score (nSPS) is 11.6. The Bertz CT molecular complexity index is 619. The van der Waals surface area contributed by atoms with E-state index in [1.54, 1.807) is 12.1 Å². The second-order valence-electron chi connectivity index (χ2n) is 3.90. The van der Waals surface area contributed by atoms with Crippen LogP contribution in [0.1, 0.15) is 16.8 Å². The van der Waals surface area contributed by atoms with Crippen molar-refractivity contribution in [2.75, 3.05) is 0 Å². The van der Waals surface area contributed by atoms with Gasteiger partial charge in [-0.05, 0) is 37.1 Å². The van der Waals surface area contributed by atoms with Crippen LogP contribution < -0.4 is 0 Å². The van der Waals surface area contributed by atoms with Crippen LogP contribution in [0.5, 0.6) is 0 Å². The van der Waals surface area contributed by atoms with Crippen molar-refractivity contribution < 1.29 is 8.42 Å². The van der Waals surface area contributed by atoms with E-state index in [0.717, 1.165) is 22.9 Å². The molecule has 0 atom stereocenters. The van der Waals surface area contributed by atoms with Gasteiger partial charge in [0.25, 0.3) is 0 Å². The van der Waals surface area contributed by atoms with Crippen molar-refractivity contribution in [3.05, 3.63) is 41.2 Å². The van der Waals surface area contributed by atoms with Crippen molar-refractivity contribution in [1.29, 1.82) is 0 Å². The SMILES string of the molecule is Cc1ccc(S(=O)(=O)Cc2cnsn2)cc1C. The van der Waals surface area contributed by atoms with E-state index in [9.17, 15) is 8.42 Å². The molecule has 1 aromatic carbocycles. The maximum atomic E-state index is 12.1. The number of benzene rings is 1. The van der Waals surface area contributed by atoms with Gasteiger partial charge in [-0.1, -0.05) is 6.07 Å². The summed E-state index contributed by atoms with van der Waals surface area (Å²) in [6.45, 7) is 3.86. The molecule has 0 saturated heterocycles. The molecular formula is C11H12N2O2S2. The van der Waals surface area contributed by atoms with Crippen molar-refractivity contribution >= 4 is 21.6 Å². The van der Waals surface area contributed by atoms with Crippen molar-refractivity contribution in [1.82, 2.24) is 8.75 Å². The first-order valence-electron chi connectivity index (χ1n) is 5.05. The molecule has 0 saturated carbocycles. The molecule has 0 unspecified atom stereocenters. The van der Waals surface area contributed by atoms with Gasteiger partial charge in [0.2, 0.25) is 0 Å². The van der Waals surface area contributed by atoms with E-state index >= 15 is 0 Å². The zero-order valence-electron chi connectivity index (χ0n) is 9.54. The third-order valence-corrected chi connectivity index (χ3v) is 4.75. The smallest absolute Gasteiger partial charge is 0.184 e. The van der Waals surface area contributed by atoms with Crippen molar-refractivity contribution in [3.8, 4) is 0 Å². The monoisotopic (exact) mass is 268 g/mol. The molecule has 90 valence electrons. The minimum Gasteiger partial charge on any atom is -0.223 e. The van der Waals surface area contributed by atoms with Crippen LogP contribution in [0, 0.1) is 13.8 Å². The highest BCUT2D eigenvalue weighted by Gasteiger charge is 2.17. The Morgan fingerprint density at radius 3 is 2.59 bits per heavy atom. The van der Waals surface area contributed by atoms with E-state index in [4.69, 9.17) is 0 Å². The Morgan fingerprint density at radius 1 is 1.24 bits per heavy atom. The molecule has 6 heteroatoms. The molecule has 1 heterocycles. The lowest BCUT2D eigenvalue weighted by molar-refractivity contribution is 0.594. The van der Waals surface area contributed by atoms with Crippen LogP contribution in [0.3, 0.4) is 0 Å². The lowest BCUT2D eigenvalue weighted by atomic mass is 10.1. The fourth-order valence-corrected chi connectivity index (χ4v) is 3.27. The Kier molecular flexibility index (Phi) is 3.26. The Labute approximate surface area is 105 Å². The summed E-state index contributed by atoms with van der Waals surface area (Å²) in [6, 6.07) is 5.16. The lowest BCUT2D eigenvalue weighted by Crippen LogP contribution is -2.05. The molecule has 0 radical (unpaired) electrons. The summed E-state index contributed by atoms with van der Waals surface area (Å²) < 4.78 is 31.9. The van der Waals surface area contributed by atoms with Gasteiger partial charge < -0.3 is 0 Å². The van der Waals surface area contributed by atoms with Gasteiger partial charge in [0.1, 0.15) is 0 Å². The molecule has 17 heavy (non-hydrogen) atoms. The van der Waals surface area contributed by atoms with Crippen LogP contribution in [0.25, 0.3) is 0 Å². The molecule has 0 aliphatic heterocycles. The first-order chi connectivity index (χ1) is 7.99. The molecule has 0 aliphatic rings. The van der Waals surface area contributed by atoms with Crippen molar-refractivity contribution in [3.63, 3.8) is 0 Å². The first-order valence-corrected chi connectivity index (χ1v) is 7.44. The molecule has 4 nitrogen and oxygen atoms in total. The van der Waals surface area contributed by atoms with Gasteiger partial charge in [0, 0.05) is 0 Å². The predicted octanol–water partition coefficient (Wildman–Crippen LogP) is 2.13. The highest BCUT2D eigenvalue weighted by atomic mass is 32.2. The Hall–Kier alpha value is -1.27. The molecular weight excluding hydrogens is 256 g/mol. The minimum absolute atomic E-state index is 0.0913.